The summed E-state index contributed by atoms with van der Waals surface area (Å²) < 4.78 is 0. The maximum absolute atomic E-state index is 12.5. The monoisotopic (exact) mass is 454 g/mol. The molecule has 0 saturated carbocycles. The zero-order valence-electron chi connectivity index (χ0n) is 15.9. The first kappa shape index (κ1) is 22.1. The summed E-state index contributed by atoms with van der Waals surface area (Å²) in [5, 5.41) is 14.6. The summed E-state index contributed by atoms with van der Waals surface area (Å²) in [6.07, 6.45) is 1.66. The molecule has 0 spiro atoms. The predicted molar refractivity (Wildman–Crippen MR) is 122 cm³/mol. The maximum Gasteiger partial charge on any atom is 0.409 e. The van der Waals surface area contributed by atoms with E-state index in [2.05, 4.69) is 10.6 Å². The zero-order chi connectivity index (χ0) is 22.4. The minimum atomic E-state index is -1.24. The molecule has 0 fully saturated rings. The number of carbonyl (C=O) groups is 3. The van der Waals surface area contributed by atoms with E-state index in [-0.39, 0.29) is 11.5 Å². The Morgan fingerprint density at radius 3 is 1.87 bits per heavy atom. The summed E-state index contributed by atoms with van der Waals surface area (Å²) in [5.41, 5.74) is 1.79. The van der Waals surface area contributed by atoms with Crippen LogP contribution in [-0.2, 0) is 0 Å². The van der Waals surface area contributed by atoms with E-state index in [4.69, 9.17) is 28.3 Å². The van der Waals surface area contributed by atoms with Crippen molar-refractivity contribution in [1.82, 2.24) is 0 Å². The molecule has 6 nitrogen and oxygen atoms in total. The first-order valence-electron chi connectivity index (χ1n) is 9.02. The van der Waals surface area contributed by atoms with Gasteiger partial charge in [0.15, 0.2) is 5.78 Å². The third-order valence-corrected chi connectivity index (χ3v) is 4.91. The molecule has 3 aromatic rings. The van der Waals surface area contributed by atoms with E-state index in [1.165, 1.54) is 36.4 Å². The summed E-state index contributed by atoms with van der Waals surface area (Å²) in [7, 11) is 0. The van der Waals surface area contributed by atoms with E-state index in [9.17, 15) is 14.4 Å². The number of carboxylic acid groups (broad SMARTS) is 1. The average Bonchev–Trinajstić information content (AvgIpc) is 2.74. The molecule has 0 heterocycles. The highest BCUT2D eigenvalue weighted by atomic mass is 35.5. The van der Waals surface area contributed by atoms with Gasteiger partial charge in [0.25, 0.3) is 5.91 Å². The van der Waals surface area contributed by atoms with Gasteiger partial charge in [-0.05, 0) is 48.6 Å². The van der Waals surface area contributed by atoms with Crippen molar-refractivity contribution in [2.24, 2.45) is 0 Å². The molecule has 0 aromatic heterocycles. The van der Waals surface area contributed by atoms with Crippen molar-refractivity contribution in [1.29, 1.82) is 0 Å². The van der Waals surface area contributed by atoms with Gasteiger partial charge in [0.05, 0.1) is 11.4 Å². The Kier molecular flexibility index (Phi) is 7.07. The van der Waals surface area contributed by atoms with Crippen molar-refractivity contribution in [2.45, 2.75) is 0 Å². The Balaban J connectivity index is 1.71. The SMILES string of the molecule is O=C(O)Nc1ccccc1NC(=O)c1ccc(C(=O)C=Cc2c(Cl)cccc2Cl)cc1. The standard InChI is InChI=1S/C23H16Cl2N2O4/c24-17-4-3-5-18(25)16(17)12-13-21(28)14-8-10-15(11-9-14)22(29)26-19-6-1-2-7-20(19)27-23(30)31/h1-13,27H,(H,26,29)(H,30,31). The third kappa shape index (κ3) is 5.72. The third-order valence-electron chi connectivity index (χ3n) is 4.25. The van der Waals surface area contributed by atoms with Crippen molar-refractivity contribution in [3.8, 4) is 0 Å². The van der Waals surface area contributed by atoms with E-state index >= 15 is 0 Å². The van der Waals surface area contributed by atoms with Crippen molar-refractivity contribution in [3.05, 3.63) is 99.5 Å². The molecule has 0 aliphatic heterocycles. The van der Waals surface area contributed by atoms with Crippen LogP contribution in [-0.4, -0.2) is 22.9 Å². The Labute approximate surface area is 188 Å². The van der Waals surface area contributed by atoms with Crippen LogP contribution in [0.2, 0.25) is 10.0 Å². The molecule has 156 valence electrons. The van der Waals surface area contributed by atoms with Crippen LogP contribution < -0.4 is 10.6 Å². The zero-order valence-corrected chi connectivity index (χ0v) is 17.4. The van der Waals surface area contributed by atoms with Crippen LogP contribution >= 0.6 is 23.2 Å². The van der Waals surface area contributed by atoms with Crippen LogP contribution in [0.25, 0.3) is 6.08 Å². The second-order valence-electron chi connectivity index (χ2n) is 6.34. The Bertz CT molecular complexity index is 1150. The van der Waals surface area contributed by atoms with Gasteiger partial charge in [-0.25, -0.2) is 4.79 Å². The van der Waals surface area contributed by atoms with Crippen LogP contribution in [0.15, 0.2) is 72.8 Å². The highest BCUT2D eigenvalue weighted by molar-refractivity contribution is 6.37. The molecule has 0 bridgehead atoms. The number of amides is 2. The highest BCUT2D eigenvalue weighted by Gasteiger charge is 2.11. The maximum atomic E-state index is 12.5. The number of anilines is 2. The van der Waals surface area contributed by atoms with Gasteiger partial charge in [-0.3, -0.25) is 14.9 Å². The number of benzene rings is 3. The Morgan fingerprint density at radius 2 is 1.29 bits per heavy atom. The van der Waals surface area contributed by atoms with Gasteiger partial charge in [-0.15, -0.1) is 0 Å². The van der Waals surface area contributed by atoms with Crippen molar-refractivity contribution >= 4 is 58.4 Å². The predicted octanol–water partition coefficient (Wildman–Crippen LogP) is 6.23. The molecule has 0 radical (unpaired) electrons. The van der Waals surface area contributed by atoms with Gasteiger partial charge >= 0.3 is 6.09 Å². The van der Waals surface area contributed by atoms with Gasteiger partial charge < -0.3 is 10.4 Å². The van der Waals surface area contributed by atoms with Gasteiger partial charge in [-0.2, -0.15) is 0 Å². The largest absolute Gasteiger partial charge is 0.465 e. The molecule has 3 N–H and O–H groups in total. The molecule has 3 aromatic carbocycles. The Morgan fingerprint density at radius 1 is 0.742 bits per heavy atom. The molecule has 0 saturated heterocycles. The fraction of sp³-hybridized carbons (Fsp3) is 0. The van der Waals surface area contributed by atoms with Crippen LogP contribution in [0.5, 0.6) is 0 Å². The number of nitrogens with one attached hydrogen (secondary N) is 2. The lowest BCUT2D eigenvalue weighted by Crippen LogP contribution is -2.15. The number of carbonyl (C=O) groups excluding carboxylic acids is 2. The van der Waals surface area contributed by atoms with E-state index in [1.807, 2.05) is 0 Å². The molecule has 31 heavy (non-hydrogen) atoms. The molecule has 8 heteroatoms. The lowest BCUT2D eigenvalue weighted by molar-refractivity contribution is 0.102. The number of hydrogen-bond acceptors (Lipinski definition) is 3. The number of rotatable bonds is 6. The quantitative estimate of drug-likeness (QED) is 0.303. The highest BCUT2D eigenvalue weighted by Crippen LogP contribution is 2.26. The van der Waals surface area contributed by atoms with Crippen LogP contribution in [0, 0.1) is 0 Å². The molecule has 0 aliphatic rings. The second-order valence-corrected chi connectivity index (χ2v) is 7.15. The van der Waals surface area contributed by atoms with E-state index in [0.717, 1.165) is 0 Å². The summed E-state index contributed by atoms with van der Waals surface area (Å²) in [4.78, 5) is 35.8. The first-order chi connectivity index (χ1) is 14.8. The van der Waals surface area contributed by atoms with Gasteiger partial charge in [0.1, 0.15) is 0 Å². The smallest absolute Gasteiger partial charge is 0.409 e. The fourth-order valence-electron chi connectivity index (χ4n) is 2.72. The van der Waals surface area contributed by atoms with Gasteiger partial charge in [-0.1, -0.05) is 53.5 Å². The van der Waals surface area contributed by atoms with Crippen molar-refractivity contribution in [2.75, 3.05) is 10.6 Å². The van der Waals surface area contributed by atoms with Crippen LogP contribution in [0.3, 0.4) is 0 Å². The molecule has 2 amide bonds. The lowest BCUT2D eigenvalue weighted by Gasteiger charge is -2.10. The molecule has 3 rings (SSSR count). The second kappa shape index (κ2) is 9.93. The minimum absolute atomic E-state index is 0.249. The first-order valence-corrected chi connectivity index (χ1v) is 9.77. The van der Waals surface area contributed by atoms with E-state index in [1.54, 1.807) is 42.5 Å². The molecular weight excluding hydrogens is 439 g/mol. The van der Waals surface area contributed by atoms with Gasteiger partial charge in [0.2, 0.25) is 0 Å². The van der Waals surface area contributed by atoms with Crippen LogP contribution in [0.4, 0.5) is 16.2 Å². The number of ketones is 1. The molecule has 0 aliphatic carbocycles. The van der Waals surface area contributed by atoms with E-state index in [0.29, 0.717) is 32.4 Å². The summed E-state index contributed by atoms with van der Waals surface area (Å²) in [6, 6.07) is 17.5. The normalized spacial score (nSPS) is 10.6. The summed E-state index contributed by atoms with van der Waals surface area (Å²) in [5.74, 6) is -0.726. The fourth-order valence-corrected chi connectivity index (χ4v) is 3.25. The van der Waals surface area contributed by atoms with Crippen molar-refractivity contribution in [3.63, 3.8) is 0 Å². The summed E-state index contributed by atoms with van der Waals surface area (Å²) in [6.45, 7) is 0. The number of allylic oxidation sites excluding steroid dienone is 1. The van der Waals surface area contributed by atoms with Crippen LogP contribution in [0.1, 0.15) is 26.3 Å². The van der Waals surface area contributed by atoms with Crippen molar-refractivity contribution < 1.29 is 19.5 Å². The Hall–Kier alpha value is -3.61. The topological polar surface area (TPSA) is 95.5 Å². The lowest BCUT2D eigenvalue weighted by atomic mass is 10.1. The van der Waals surface area contributed by atoms with Gasteiger partial charge in [0, 0.05) is 26.7 Å². The average molecular weight is 455 g/mol. The molecule has 0 unspecified atom stereocenters. The number of halogens is 2. The number of hydrogen-bond donors (Lipinski definition) is 3. The molecular formula is C23H16Cl2N2O4. The summed E-state index contributed by atoms with van der Waals surface area (Å²) >= 11 is 12.2. The minimum Gasteiger partial charge on any atom is -0.465 e. The number of para-hydroxylation sites is 2. The molecule has 0 atom stereocenters. The van der Waals surface area contributed by atoms with E-state index < -0.39 is 12.0 Å².